The van der Waals surface area contributed by atoms with E-state index in [0.717, 1.165) is 84.0 Å². The molecule has 0 atom stereocenters. The van der Waals surface area contributed by atoms with Gasteiger partial charge in [-0.05, 0) is 136 Å². The van der Waals surface area contributed by atoms with Gasteiger partial charge >= 0.3 is 0 Å². The lowest BCUT2D eigenvalue weighted by Crippen LogP contribution is -2.00. The number of aromatic nitrogens is 6. The Hall–Kier alpha value is -12.4. The van der Waals surface area contributed by atoms with Crippen LogP contribution < -0.4 is 0 Å². The molecule has 1 aliphatic rings. The van der Waals surface area contributed by atoms with Crippen LogP contribution in [0, 0.1) is 0 Å². The van der Waals surface area contributed by atoms with E-state index in [0.29, 0.717) is 5.82 Å². The van der Waals surface area contributed by atoms with E-state index in [1.807, 2.05) is 0 Å². The van der Waals surface area contributed by atoms with E-state index in [-0.39, 0.29) is 0 Å². The predicted molar refractivity (Wildman–Crippen MR) is 383 cm³/mol. The number of fused-ring (bicyclic) bond motifs is 15. The van der Waals surface area contributed by atoms with Gasteiger partial charge in [-0.2, -0.15) is 0 Å². The summed E-state index contributed by atoms with van der Waals surface area (Å²) in [5.74, 6) is 0.669. The molecule has 0 spiro atoms. The molecular formula is C86H52N6. The second kappa shape index (κ2) is 19.6. The van der Waals surface area contributed by atoms with Crippen LogP contribution in [0.25, 0.3) is 188 Å². The maximum atomic E-state index is 5.78. The average Bonchev–Trinajstić information content (AvgIpc) is 1.58. The van der Waals surface area contributed by atoms with E-state index in [2.05, 4.69) is 334 Å². The van der Waals surface area contributed by atoms with E-state index in [1.165, 1.54) is 98.2 Å². The summed E-state index contributed by atoms with van der Waals surface area (Å²) in [6.07, 6.45) is 0. The maximum absolute atomic E-state index is 5.78. The van der Waals surface area contributed by atoms with Crippen molar-refractivity contribution in [2.24, 2.45) is 0 Å². The van der Waals surface area contributed by atoms with E-state index in [1.54, 1.807) is 0 Å². The van der Waals surface area contributed by atoms with Gasteiger partial charge in [0.2, 0.25) is 0 Å². The minimum absolute atomic E-state index is 0.669. The SMILES string of the molecule is c1ccc(-n2c3ccccc3c3c(-c4cccc5c4c4ccccc4n5-c4cccc(-c5nc(-c6cccc(-n7c8ccccc8c8c(-c9cccc%10c9c9ccccc9n%10-c9ccccc9)cccc87)c6)c6c(n5)-c5cccc7cccc-6c57)c4)cccc32)cc1. The van der Waals surface area contributed by atoms with Crippen LogP contribution in [0.3, 0.4) is 0 Å². The molecule has 20 rings (SSSR count). The van der Waals surface area contributed by atoms with Crippen LogP contribution in [-0.4, -0.2) is 28.2 Å². The molecule has 0 bridgehead atoms. The highest BCUT2D eigenvalue weighted by Crippen LogP contribution is 2.52. The molecule has 1 aliphatic carbocycles. The standard InChI is InChI=1S/C86H52N6/c1-3-27-56(28-4-1)89-70-43-11-7-33-64(70)79-60(37-19-47-74(79)89)62-39-21-49-76-81(62)66-35-9-13-45-72(66)91(76)58-31-15-25-54(51-58)84-83-68-41-17-23-53-24-18-42-69(78(53)68)85(83)88-86(87-84)55-26-16-32-59(52-55)92-73-46-14-10-36-67(73)82-63(40-22-50-77(82)92)61-38-20-48-75-80(61)65-34-8-12-44-71(65)90(75)57-29-5-2-6-30-57/h1-52H. The van der Waals surface area contributed by atoms with Crippen LogP contribution in [0.2, 0.25) is 0 Å². The summed E-state index contributed by atoms with van der Waals surface area (Å²) in [4.78, 5) is 11.4. The van der Waals surface area contributed by atoms with Crippen molar-refractivity contribution in [2.75, 3.05) is 0 Å². The normalized spacial score (nSPS) is 12.1. The Morgan fingerprint density at radius 1 is 0.207 bits per heavy atom. The number of rotatable bonds is 8. The second-order valence-corrected chi connectivity index (χ2v) is 24.3. The Morgan fingerprint density at radius 3 is 0.967 bits per heavy atom. The third-order valence-electron chi connectivity index (χ3n) is 19.5. The fraction of sp³-hybridized carbons (Fsp3) is 0. The summed E-state index contributed by atoms with van der Waals surface area (Å²) < 4.78 is 9.69. The summed E-state index contributed by atoms with van der Waals surface area (Å²) in [7, 11) is 0. The molecule has 0 N–H and O–H groups in total. The molecule has 92 heavy (non-hydrogen) atoms. The van der Waals surface area contributed by atoms with E-state index in [9.17, 15) is 0 Å². The summed E-state index contributed by atoms with van der Waals surface area (Å²) in [6, 6.07) is 115. The minimum atomic E-state index is 0.669. The molecule has 0 saturated heterocycles. The zero-order valence-electron chi connectivity index (χ0n) is 49.7. The monoisotopic (exact) mass is 1170 g/mol. The van der Waals surface area contributed by atoms with Gasteiger partial charge in [0.1, 0.15) is 0 Å². The molecule has 5 aromatic heterocycles. The first-order chi connectivity index (χ1) is 45.7. The first-order valence-corrected chi connectivity index (χ1v) is 31.6. The first-order valence-electron chi connectivity index (χ1n) is 31.6. The topological polar surface area (TPSA) is 45.5 Å². The molecule has 0 saturated carbocycles. The summed E-state index contributed by atoms with van der Waals surface area (Å²) in [5.41, 5.74) is 25.6. The molecule has 5 heterocycles. The Morgan fingerprint density at radius 2 is 0.522 bits per heavy atom. The predicted octanol–water partition coefficient (Wildman–Crippen LogP) is 22.3. The third kappa shape index (κ3) is 7.20. The number of hydrogen-bond donors (Lipinski definition) is 0. The van der Waals surface area contributed by atoms with Crippen molar-refractivity contribution >= 4 is 98.0 Å². The molecular weight excluding hydrogens is 1120 g/mol. The van der Waals surface area contributed by atoms with Gasteiger partial charge in [0.15, 0.2) is 5.82 Å². The minimum Gasteiger partial charge on any atom is -0.309 e. The molecule has 14 aromatic carbocycles. The van der Waals surface area contributed by atoms with Gasteiger partial charge in [-0.25, -0.2) is 9.97 Å². The largest absolute Gasteiger partial charge is 0.309 e. The summed E-state index contributed by atoms with van der Waals surface area (Å²) in [6.45, 7) is 0. The van der Waals surface area contributed by atoms with E-state index >= 15 is 0 Å². The van der Waals surface area contributed by atoms with Gasteiger partial charge in [-0.15, -0.1) is 0 Å². The molecule has 19 aromatic rings. The smallest absolute Gasteiger partial charge is 0.160 e. The number of para-hydroxylation sites is 6. The number of hydrogen-bond acceptors (Lipinski definition) is 2. The van der Waals surface area contributed by atoms with Crippen molar-refractivity contribution in [1.29, 1.82) is 0 Å². The van der Waals surface area contributed by atoms with Gasteiger partial charge in [0, 0.05) is 88.1 Å². The van der Waals surface area contributed by atoms with Gasteiger partial charge in [-0.3, -0.25) is 0 Å². The Kier molecular flexibility index (Phi) is 10.8. The Bertz CT molecular complexity index is 6310. The fourth-order valence-electron chi connectivity index (χ4n) is 15.8. The van der Waals surface area contributed by atoms with Crippen molar-refractivity contribution in [3.05, 3.63) is 315 Å². The Labute approximate surface area is 528 Å². The van der Waals surface area contributed by atoms with E-state index in [4.69, 9.17) is 9.97 Å². The number of nitrogens with zero attached hydrogens (tertiary/aromatic N) is 6. The van der Waals surface area contributed by atoms with Crippen molar-refractivity contribution in [2.45, 2.75) is 0 Å². The summed E-state index contributed by atoms with van der Waals surface area (Å²) in [5, 5.41) is 12.2. The zero-order valence-corrected chi connectivity index (χ0v) is 49.7. The lowest BCUT2D eigenvalue weighted by atomic mass is 9.95. The molecule has 0 amide bonds. The quantitative estimate of drug-likeness (QED) is 0.152. The van der Waals surface area contributed by atoms with Crippen LogP contribution in [0.15, 0.2) is 315 Å². The molecule has 0 aliphatic heterocycles. The molecule has 0 fully saturated rings. The van der Waals surface area contributed by atoms with Gasteiger partial charge < -0.3 is 18.3 Å². The number of benzene rings is 14. The maximum Gasteiger partial charge on any atom is 0.160 e. The zero-order chi connectivity index (χ0) is 60.1. The van der Waals surface area contributed by atoms with Crippen LogP contribution in [0.1, 0.15) is 0 Å². The lowest BCUT2D eigenvalue weighted by molar-refractivity contribution is 1.16. The fourth-order valence-corrected chi connectivity index (χ4v) is 15.8. The van der Waals surface area contributed by atoms with Gasteiger partial charge in [-0.1, -0.05) is 218 Å². The Balaban J connectivity index is 0.762. The average molecular weight is 1170 g/mol. The van der Waals surface area contributed by atoms with Crippen molar-refractivity contribution in [3.63, 3.8) is 0 Å². The van der Waals surface area contributed by atoms with Crippen LogP contribution in [0.5, 0.6) is 0 Å². The van der Waals surface area contributed by atoms with Crippen LogP contribution >= 0.6 is 0 Å². The van der Waals surface area contributed by atoms with Crippen LogP contribution in [-0.2, 0) is 0 Å². The molecule has 0 unspecified atom stereocenters. The van der Waals surface area contributed by atoms with Gasteiger partial charge in [0.05, 0.1) is 55.5 Å². The van der Waals surface area contributed by atoms with Crippen molar-refractivity contribution in [3.8, 4) is 90.0 Å². The third-order valence-corrected chi connectivity index (χ3v) is 19.5. The first kappa shape index (κ1) is 50.6. The molecule has 0 radical (unpaired) electrons. The molecule has 6 nitrogen and oxygen atoms in total. The molecule has 426 valence electrons. The van der Waals surface area contributed by atoms with Gasteiger partial charge in [0.25, 0.3) is 0 Å². The molecule has 6 heteroatoms. The van der Waals surface area contributed by atoms with E-state index < -0.39 is 0 Å². The highest BCUT2D eigenvalue weighted by atomic mass is 15.0. The van der Waals surface area contributed by atoms with Crippen molar-refractivity contribution in [1.82, 2.24) is 28.2 Å². The van der Waals surface area contributed by atoms with Crippen LogP contribution in [0.4, 0.5) is 0 Å². The second-order valence-electron chi connectivity index (χ2n) is 24.3. The van der Waals surface area contributed by atoms with Crippen molar-refractivity contribution < 1.29 is 0 Å². The highest BCUT2D eigenvalue weighted by molar-refractivity contribution is 6.25. The highest BCUT2D eigenvalue weighted by Gasteiger charge is 2.30. The lowest BCUT2D eigenvalue weighted by Gasteiger charge is -2.15. The summed E-state index contributed by atoms with van der Waals surface area (Å²) >= 11 is 0.